The Morgan fingerprint density at radius 3 is 2.25 bits per heavy atom. The van der Waals surface area contributed by atoms with Gasteiger partial charge in [0, 0.05) is 12.8 Å². The van der Waals surface area contributed by atoms with Gasteiger partial charge in [-0.25, -0.2) is 0 Å². The number of benzene rings is 1. The summed E-state index contributed by atoms with van der Waals surface area (Å²) < 4.78 is 10.3. The maximum absolute atomic E-state index is 12.1. The van der Waals surface area contributed by atoms with Crippen LogP contribution in [-0.2, 0) is 9.53 Å². The number of hydrogen-bond acceptors (Lipinski definition) is 4. The van der Waals surface area contributed by atoms with Crippen molar-refractivity contribution >= 4 is 11.6 Å². The van der Waals surface area contributed by atoms with E-state index in [9.17, 15) is 9.90 Å². The summed E-state index contributed by atoms with van der Waals surface area (Å²) >= 11 is 0. The summed E-state index contributed by atoms with van der Waals surface area (Å²) in [5.74, 6) is 0.653. The fraction of sp³-hybridized carbons (Fsp3) is 0.533. The summed E-state index contributed by atoms with van der Waals surface area (Å²) in [6, 6.07) is 6.86. The van der Waals surface area contributed by atoms with Crippen LogP contribution in [0.1, 0.15) is 13.8 Å². The van der Waals surface area contributed by atoms with Crippen LogP contribution in [0.4, 0.5) is 5.69 Å². The van der Waals surface area contributed by atoms with Crippen LogP contribution in [0.25, 0.3) is 0 Å². The SMILES string of the molecule is COc1ccc(N2C(=O)[C@@H](OC)[C@H]2[C@@H](O)C(C)C)cc1. The van der Waals surface area contributed by atoms with E-state index in [2.05, 4.69) is 0 Å². The fourth-order valence-electron chi connectivity index (χ4n) is 2.49. The molecule has 0 bridgehead atoms. The van der Waals surface area contributed by atoms with E-state index in [4.69, 9.17) is 9.47 Å². The molecule has 1 aromatic carbocycles. The van der Waals surface area contributed by atoms with Gasteiger partial charge in [0.25, 0.3) is 5.91 Å². The number of methoxy groups -OCH3 is 2. The smallest absolute Gasteiger partial charge is 0.258 e. The van der Waals surface area contributed by atoms with Gasteiger partial charge in [0.15, 0.2) is 6.10 Å². The lowest BCUT2D eigenvalue weighted by Crippen LogP contribution is -2.70. The summed E-state index contributed by atoms with van der Waals surface area (Å²) in [6.07, 6.45) is -1.20. The van der Waals surface area contributed by atoms with E-state index >= 15 is 0 Å². The van der Waals surface area contributed by atoms with E-state index in [0.29, 0.717) is 0 Å². The summed E-state index contributed by atoms with van der Waals surface area (Å²) in [7, 11) is 3.09. The molecule has 20 heavy (non-hydrogen) atoms. The Morgan fingerprint density at radius 2 is 1.80 bits per heavy atom. The second-order valence-corrected chi connectivity index (χ2v) is 5.29. The molecule has 0 radical (unpaired) electrons. The highest BCUT2D eigenvalue weighted by atomic mass is 16.5. The van der Waals surface area contributed by atoms with Gasteiger partial charge in [-0.1, -0.05) is 13.8 Å². The van der Waals surface area contributed by atoms with Gasteiger partial charge in [-0.3, -0.25) is 4.79 Å². The van der Waals surface area contributed by atoms with Crippen molar-refractivity contribution in [1.82, 2.24) is 0 Å². The zero-order valence-corrected chi connectivity index (χ0v) is 12.2. The maximum Gasteiger partial charge on any atom is 0.258 e. The molecule has 0 unspecified atom stereocenters. The van der Waals surface area contributed by atoms with E-state index in [0.717, 1.165) is 11.4 Å². The minimum Gasteiger partial charge on any atom is -0.497 e. The molecule has 3 atom stereocenters. The van der Waals surface area contributed by atoms with Gasteiger partial charge in [0.05, 0.1) is 19.3 Å². The van der Waals surface area contributed by atoms with Gasteiger partial charge >= 0.3 is 0 Å². The first-order chi connectivity index (χ1) is 9.51. The average Bonchev–Trinajstić information content (AvgIpc) is 2.45. The van der Waals surface area contributed by atoms with Gasteiger partial charge in [-0.2, -0.15) is 0 Å². The van der Waals surface area contributed by atoms with Crippen molar-refractivity contribution in [3.8, 4) is 5.75 Å². The monoisotopic (exact) mass is 279 g/mol. The van der Waals surface area contributed by atoms with Gasteiger partial charge < -0.3 is 19.5 Å². The first-order valence-corrected chi connectivity index (χ1v) is 6.69. The highest BCUT2D eigenvalue weighted by Crippen LogP contribution is 2.34. The van der Waals surface area contributed by atoms with Crippen LogP contribution in [0.3, 0.4) is 0 Å². The van der Waals surface area contributed by atoms with Crippen molar-refractivity contribution in [2.75, 3.05) is 19.1 Å². The highest BCUT2D eigenvalue weighted by molar-refractivity contribution is 6.05. The lowest BCUT2D eigenvalue weighted by atomic mass is 9.86. The standard InChI is InChI=1S/C15H21NO4/c1-9(2)13(17)12-14(20-4)15(18)16(12)10-5-7-11(19-3)8-6-10/h5-9,12-14,17H,1-4H3/t12-,13+,14+/m1/s1. The van der Waals surface area contributed by atoms with Crippen molar-refractivity contribution < 1.29 is 19.4 Å². The van der Waals surface area contributed by atoms with Crippen LogP contribution in [-0.4, -0.2) is 43.5 Å². The number of aliphatic hydroxyl groups excluding tert-OH is 1. The van der Waals surface area contributed by atoms with Crippen molar-refractivity contribution in [3.63, 3.8) is 0 Å². The molecule has 1 heterocycles. The Balaban J connectivity index is 2.25. The largest absolute Gasteiger partial charge is 0.497 e. The topological polar surface area (TPSA) is 59.0 Å². The number of carbonyl (C=O) groups excluding carboxylic acids is 1. The number of carbonyl (C=O) groups is 1. The summed E-state index contributed by atoms with van der Waals surface area (Å²) in [4.78, 5) is 13.7. The Morgan fingerprint density at radius 1 is 1.20 bits per heavy atom. The predicted octanol–water partition coefficient (Wildman–Crippen LogP) is 1.44. The zero-order valence-electron chi connectivity index (χ0n) is 12.2. The molecule has 0 saturated carbocycles. The molecular formula is C15H21NO4. The first-order valence-electron chi connectivity index (χ1n) is 6.69. The third kappa shape index (κ3) is 2.39. The first kappa shape index (κ1) is 14.8. The normalized spacial score (nSPS) is 23.7. The maximum atomic E-state index is 12.1. The minimum atomic E-state index is -0.625. The lowest BCUT2D eigenvalue weighted by Gasteiger charge is -2.49. The molecule has 0 aliphatic carbocycles. The molecule has 0 aromatic heterocycles. The third-order valence-electron chi connectivity index (χ3n) is 3.73. The molecule has 2 rings (SSSR count). The lowest BCUT2D eigenvalue weighted by molar-refractivity contribution is -0.145. The Labute approximate surface area is 119 Å². The van der Waals surface area contributed by atoms with Crippen molar-refractivity contribution in [2.24, 2.45) is 5.92 Å². The average molecular weight is 279 g/mol. The summed E-state index contributed by atoms with van der Waals surface area (Å²) in [6.45, 7) is 3.85. The summed E-state index contributed by atoms with van der Waals surface area (Å²) in [5.41, 5.74) is 0.744. The van der Waals surface area contributed by atoms with Crippen LogP contribution in [0.2, 0.25) is 0 Å². The van der Waals surface area contributed by atoms with E-state index in [1.807, 2.05) is 26.0 Å². The minimum absolute atomic E-state index is 0.0477. The third-order valence-corrected chi connectivity index (χ3v) is 3.73. The Kier molecular flexibility index (Phi) is 4.30. The second-order valence-electron chi connectivity index (χ2n) is 5.29. The number of nitrogens with zero attached hydrogens (tertiary/aromatic N) is 1. The second kappa shape index (κ2) is 5.81. The number of β-lactam (4-membered cyclic amide) rings is 1. The molecule has 5 heteroatoms. The van der Waals surface area contributed by atoms with Crippen LogP contribution in [0.5, 0.6) is 5.75 Å². The van der Waals surface area contributed by atoms with Crippen LogP contribution < -0.4 is 9.64 Å². The Hall–Kier alpha value is -1.59. The van der Waals surface area contributed by atoms with Crippen LogP contribution in [0, 0.1) is 5.92 Å². The van der Waals surface area contributed by atoms with E-state index in [-0.39, 0.29) is 17.9 Å². The van der Waals surface area contributed by atoms with Gasteiger partial charge in [-0.05, 0) is 30.2 Å². The van der Waals surface area contributed by atoms with Crippen LogP contribution >= 0.6 is 0 Å². The van der Waals surface area contributed by atoms with Gasteiger partial charge in [0.1, 0.15) is 5.75 Å². The van der Waals surface area contributed by atoms with Gasteiger partial charge in [-0.15, -0.1) is 0 Å². The number of ether oxygens (including phenoxy) is 2. The number of rotatable bonds is 5. The predicted molar refractivity (Wildman–Crippen MR) is 75.9 cm³/mol. The quantitative estimate of drug-likeness (QED) is 0.829. The number of aliphatic hydroxyl groups is 1. The molecule has 1 aliphatic rings. The molecule has 1 N–H and O–H groups in total. The molecule has 5 nitrogen and oxygen atoms in total. The fourth-order valence-corrected chi connectivity index (χ4v) is 2.49. The molecule has 1 aliphatic heterocycles. The van der Waals surface area contributed by atoms with Crippen molar-refractivity contribution in [1.29, 1.82) is 0 Å². The molecule has 1 aromatic rings. The molecular weight excluding hydrogens is 258 g/mol. The zero-order chi connectivity index (χ0) is 14.9. The number of anilines is 1. The van der Waals surface area contributed by atoms with Gasteiger partial charge in [0.2, 0.25) is 0 Å². The van der Waals surface area contributed by atoms with Crippen LogP contribution in [0.15, 0.2) is 24.3 Å². The molecule has 1 amide bonds. The molecule has 0 spiro atoms. The molecule has 1 saturated heterocycles. The van der Waals surface area contributed by atoms with Crippen molar-refractivity contribution in [3.05, 3.63) is 24.3 Å². The molecule has 1 fully saturated rings. The molecule has 110 valence electrons. The van der Waals surface area contributed by atoms with E-state index < -0.39 is 12.2 Å². The highest BCUT2D eigenvalue weighted by Gasteiger charge is 2.52. The van der Waals surface area contributed by atoms with Crippen molar-refractivity contribution in [2.45, 2.75) is 32.1 Å². The number of hydrogen-bond donors (Lipinski definition) is 1. The number of amides is 1. The van der Waals surface area contributed by atoms with E-state index in [1.165, 1.54) is 7.11 Å². The Bertz CT molecular complexity index is 471. The van der Waals surface area contributed by atoms with E-state index in [1.54, 1.807) is 24.1 Å². The summed E-state index contributed by atoms with van der Waals surface area (Å²) in [5, 5.41) is 10.3.